The third-order valence-electron chi connectivity index (χ3n) is 2.87. The molecule has 1 aromatic carbocycles. The van der Waals surface area contributed by atoms with E-state index in [9.17, 15) is 14.5 Å². The lowest BCUT2D eigenvalue weighted by Gasteiger charge is -2.09. The first-order valence-electron chi connectivity index (χ1n) is 5.25. The second-order valence-corrected chi connectivity index (χ2v) is 5.62. The Kier molecular flexibility index (Phi) is 3.68. The largest absolute Gasteiger partial charge is 0.273 e. The highest BCUT2D eigenvalue weighted by Gasteiger charge is 2.31. The summed E-state index contributed by atoms with van der Waals surface area (Å²) in [6.07, 6.45) is 2.45. The summed E-state index contributed by atoms with van der Waals surface area (Å²) in [6.45, 7) is 0. The first-order chi connectivity index (χ1) is 7.99. The zero-order valence-electron chi connectivity index (χ0n) is 8.83. The Bertz CT molecular complexity index is 465. The van der Waals surface area contributed by atoms with Gasteiger partial charge in [0, 0.05) is 17.0 Å². The maximum atomic E-state index is 13.4. The van der Waals surface area contributed by atoms with Gasteiger partial charge in [0.1, 0.15) is 5.82 Å². The van der Waals surface area contributed by atoms with E-state index in [1.54, 1.807) is 0 Å². The highest BCUT2D eigenvalue weighted by Crippen LogP contribution is 2.38. The predicted molar refractivity (Wildman–Crippen MR) is 66.8 cm³/mol. The molecule has 1 atom stereocenters. The van der Waals surface area contributed by atoms with Crippen molar-refractivity contribution in [2.24, 2.45) is 5.92 Å². The molecule has 92 valence electrons. The lowest BCUT2D eigenvalue weighted by molar-refractivity contribution is -0.385. The van der Waals surface area contributed by atoms with Crippen molar-refractivity contribution in [3.63, 3.8) is 0 Å². The average molecular weight is 323 g/mol. The summed E-state index contributed by atoms with van der Waals surface area (Å²) in [7, 11) is 0. The highest BCUT2D eigenvalue weighted by atomic mass is 79.9. The monoisotopic (exact) mass is 321 g/mol. The summed E-state index contributed by atoms with van der Waals surface area (Å²) in [6, 6.07) is 2.39. The topological polar surface area (TPSA) is 43.1 Å². The second kappa shape index (κ2) is 4.90. The Balaban J connectivity index is 2.29. The second-order valence-electron chi connectivity index (χ2n) is 4.21. The van der Waals surface area contributed by atoms with Crippen LogP contribution in [-0.4, -0.2) is 10.3 Å². The Morgan fingerprint density at radius 3 is 2.76 bits per heavy atom. The van der Waals surface area contributed by atoms with Crippen LogP contribution >= 0.6 is 27.5 Å². The van der Waals surface area contributed by atoms with Gasteiger partial charge in [-0.15, -0.1) is 11.6 Å². The zero-order chi connectivity index (χ0) is 12.6. The van der Waals surface area contributed by atoms with E-state index in [4.69, 9.17) is 11.6 Å². The third-order valence-corrected chi connectivity index (χ3v) is 3.99. The van der Waals surface area contributed by atoms with E-state index in [0.717, 1.165) is 12.8 Å². The van der Waals surface area contributed by atoms with Gasteiger partial charge in [-0.2, -0.15) is 0 Å². The Morgan fingerprint density at radius 2 is 2.24 bits per heavy atom. The number of nitro benzene ring substituents is 1. The van der Waals surface area contributed by atoms with Crippen molar-refractivity contribution in [1.29, 1.82) is 0 Å². The summed E-state index contributed by atoms with van der Waals surface area (Å²) < 4.78 is 13.5. The molecule has 0 bridgehead atoms. The molecular weight excluding hydrogens is 312 g/mol. The summed E-state index contributed by atoms with van der Waals surface area (Å²) in [4.78, 5) is 10.4. The number of hydrogen-bond acceptors (Lipinski definition) is 2. The van der Waals surface area contributed by atoms with Gasteiger partial charge in [0.05, 0.1) is 9.40 Å². The summed E-state index contributed by atoms with van der Waals surface area (Å²) >= 11 is 9.07. The maximum absolute atomic E-state index is 13.4. The summed E-state index contributed by atoms with van der Waals surface area (Å²) in [5.41, 5.74) is 0.284. The van der Waals surface area contributed by atoms with E-state index >= 15 is 0 Å². The van der Waals surface area contributed by atoms with Crippen molar-refractivity contribution in [3.8, 4) is 0 Å². The van der Waals surface area contributed by atoms with Crippen molar-refractivity contribution < 1.29 is 9.31 Å². The standard InChI is InChI=1S/C11H10BrClFNO2/c12-8-5-11(15(16)17)7(4-10(8)14)3-9(13)6-1-2-6/h4-6,9H,1-3H2. The van der Waals surface area contributed by atoms with Gasteiger partial charge in [0.25, 0.3) is 5.69 Å². The molecule has 6 heteroatoms. The quantitative estimate of drug-likeness (QED) is 0.477. The first kappa shape index (κ1) is 12.8. The first-order valence-corrected chi connectivity index (χ1v) is 6.48. The summed E-state index contributed by atoms with van der Waals surface area (Å²) in [5.74, 6) is -0.0757. The smallest absolute Gasteiger partial charge is 0.258 e. The van der Waals surface area contributed by atoms with Gasteiger partial charge in [-0.25, -0.2) is 4.39 Å². The number of alkyl halides is 1. The van der Waals surface area contributed by atoms with Crippen LogP contribution in [0.15, 0.2) is 16.6 Å². The number of rotatable bonds is 4. The van der Waals surface area contributed by atoms with E-state index in [2.05, 4.69) is 15.9 Å². The average Bonchev–Trinajstić information content (AvgIpc) is 3.06. The van der Waals surface area contributed by atoms with Gasteiger partial charge < -0.3 is 0 Å². The normalized spacial score (nSPS) is 16.9. The molecule has 2 rings (SSSR count). The molecule has 0 aromatic heterocycles. The molecule has 0 amide bonds. The Hall–Kier alpha value is -0.680. The van der Waals surface area contributed by atoms with Crippen LogP contribution in [0.25, 0.3) is 0 Å². The lowest BCUT2D eigenvalue weighted by Crippen LogP contribution is -2.08. The third kappa shape index (κ3) is 2.96. The van der Waals surface area contributed by atoms with E-state index in [-0.39, 0.29) is 15.5 Å². The number of nitrogens with zero attached hydrogens (tertiary/aromatic N) is 1. The van der Waals surface area contributed by atoms with E-state index in [0.29, 0.717) is 17.9 Å². The van der Waals surface area contributed by atoms with Gasteiger partial charge in [0.2, 0.25) is 0 Å². The van der Waals surface area contributed by atoms with Crippen molar-refractivity contribution >= 4 is 33.2 Å². The van der Waals surface area contributed by atoms with Crippen LogP contribution in [0, 0.1) is 21.8 Å². The molecule has 0 radical (unpaired) electrons. The van der Waals surface area contributed by atoms with Crippen molar-refractivity contribution in [3.05, 3.63) is 38.1 Å². The van der Waals surface area contributed by atoms with Crippen molar-refractivity contribution in [1.82, 2.24) is 0 Å². The molecule has 1 fully saturated rings. The van der Waals surface area contributed by atoms with Gasteiger partial charge in [-0.05, 0) is 47.2 Å². The molecule has 3 nitrogen and oxygen atoms in total. The highest BCUT2D eigenvalue weighted by molar-refractivity contribution is 9.10. The Morgan fingerprint density at radius 1 is 1.59 bits per heavy atom. The number of nitro groups is 1. The van der Waals surface area contributed by atoms with Crippen LogP contribution in [0.1, 0.15) is 18.4 Å². The van der Waals surface area contributed by atoms with Crippen LogP contribution in [0.2, 0.25) is 0 Å². The molecule has 0 aliphatic heterocycles. The van der Waals surface area contributed by atoms with Crippen molar-refractivity contribution in [2.75, 3.05) is 0 Å². The Labute approximate surface area is 111 Å². The minimum atomic E-state index is -0.504. The molecule has 1 aliphatic carbocycles. The molecule has 0 saturated heterocycles. The molecule has 1 aliphatic rings. The van der Waals surface area contributed by atoms with Gasteiger partial charge in [-0.3, -0.25) is 10.1 Å². The van der Waals surface area contributed by atoms with Crippen LogP contribution in [0.4, 0.5) is 10.1 Å². The lowest BCUT2D eigenvalue weighted by atomic mass is 10.0. The minimum absolute atomic E-state index is 0.0791. The molecule has 1 aromatic rings. The summed E-state index contributed by atoms with van der Waals surface area (Å²) in [5, 5.41) is 10.7. The molecule has 1 saturated carbocycles. The minimum Gasteiger partial charge on any atom is -0.258 e. The SMILES string of the molecule is O=[N+]([O-])c1cc(Br)c(F)cc1CC(Cl)C1CC1. The fourth-order valence-corrected chi connectivity index (χ4v) is 2.50. The number of halogens is 3. The molecule has 1 unspecified atom stereocenters. The predicted octanol–water partition coefficient (Wildman–Crippen LogP) is 4.06. The van der Waals surface area contributed by atoms with Gasteiger partial charge >= 0.3 is 0 Å². The fraction of sp³-hybridized carbons (Fsp3) is 0.455. The van der Waals surface area contributed by atoms with Gasteiger partial charge in [-0.1, -0.05) is 0 Å². The van der Waals surface area contributed by atoms with Gasteiger partial charge in [0.15, 0.2) is 0 Å². The van der Waals surface area contributed by atoms with Crippen LogP contribution in [0.3, 0.4) is 0 Å². The zero-order valence-corrected chi connectivity index (χ0v) is 11.2. The molecule has 0 spiro atoms. The molecular formula is C11H10BrClFNO2. The molecule has 17 heavy (non-hydrogen) atoms. The maximum Gasteiger partial charge on any atom is 0.273 e. The number of hydrogen-bond donors (Lipinski definition) is 0. The van der Waals surface area contributed by atoms with E-state index < -0.39 is 10.7 Å². The van der Waals surface area contributed by atoms with Crippen molar-refractivity contribution in [2.45, 2.75) is 24.6 Å². The van der Waals surface area contributed by atoms with Crippen LogP contribution in [-0.2, 0) is 6.42 Å². The fourth-order valence-electron chi connectivity index (χ4n) is 1.75. The van der Waals surface area contributed by atoms with E-state index in [1.807, 2.05) is 0 Å². The molecule has 0 N–H and O–H groups in total. The van der Waals surface area contributed by atoms with Crippen LogP contribution in [0.5, 0.6) is 0 Å². The number of benzene rings is 1. The van der Waals surface area contributed by atoms with Crippen LogP contribution < -0.4 is 0 Å². The van der Waals surface area contributed by atoms with E-state index in [1.165, 1.54) is 12.1 Å². The molecule has 0 heterocycles.